The van der Waals surface area contributed by atoms with E-state index < -0.39 is 17.8 Å². The molecule has 1 N–H and O–H groups in total. The number of halogens is 3. The van der Waals surface area contributed by atoms with E-state index in [1.54, 1.807) is 24.3 Å². The van der Waals surface area contributed by atoms with Crippen LogP contribution in [0.15, 0.2) is 30.3 Å². The van der Waals surface area contributed by atoms with Crippen LogP contribution in [0.2, 0.25) is 0 Å². The van der Waals surface area contributed by atoms with Gasteiger partial charge in [-0.25, -0.2) is 0 Å². The molecule has 1 amide bonds. The summed E-state index contributed by atoms with van der Waals surface area (Å²) < 4.78 is 44.7. The Morgan fingerprint density at radius 2 is 1.89 bits per heavy atom. The van der Waals surface area contributed by atoms with Gasteiger partial charge in [-0.05, 0) is 50.2 Å². The molecule has 2 aromatic rings. The van der Waals surface area contributed by atoms with E-state index in [2.05, 4.69) is 15.3 Å². The van der Waals surface area contributed by atoms with Gasteiger partial charge in [-0.2, -0.15) is 18.3 Å². The number of likely N-dealkylation sites (tertiary alicyclic amines) is 1. The van der Waals surface area contributed by atoms with E-state index in [1.807, 2.05) is 0 Å². The Morgan fingerprint density at radius 3 is 2.48 bits per heavy atom. The number of nitrogens with one attached hydrogen (secondary N) is 1. The SMILES string of the molecule is Cn1nc(C(=O)Nc2ccc(OCCN3CCCC3)cc2)cc1C(F)(F)F. The Morgan fingerprint density at radius 1 is 1.22 bits per heavy atom. The van der Waals surface area contributed by atoms with Crippen LogP contribution in [0.3, 0.4) is 0 Å². The van der Waals surface area contributed by atoms with E-state index in [1.165, 1.54) is 12.8 Å². The number of hydrogen-bond donors (Lipinski definition) is 1. The minimum absolute atomic E-state index is 0.296. The maximum absolute atomic E-state index is 12.8. The average Bonchev–Trinajstić information content (AvgIpc) is 3.25. The van der Waals surface area contributed by atoms with Gasteiger partial charge in [-0.3, -0.25) is 14.4 Å². The van der Waals surface area contributed by atoms with Gasteiger partial charge in [-0.1, -0.05) is 0 Å². The Balaban J connectivity index is 1.54. The fourth-order valence-corrected chi connectivity index (χ4v) is 2.97. The van der Waals surface area contributed by atoms with Gasteiger partial charge < -0.3 is 10.1 Å². The van der Waals surface area contributed by atoms with Gasteiger partial charge >= 0.3 is 6.18 Å². The molecule has 0 bridgehead atoms. The van der Waals surface area contributed by atoms with E-state index in [4.69, 9.17) is 4.74 Å². The van der Waals surface area contributed by atoms with Crippen molar-refractivity contribution in [3.8, 4) is 5.75 Å². The summed E-state index contributed by atoms with van der Waals surface area (Å²) in [5.74, 6) is -0.0341. The van der Waals surface area contributed by atoms with E-state index in [0.29, 0.717) is 22.7 Å². The molecule has 1 aliphatic heterocycles. The zero-order valence-electron chi connectivity index (χ0n) is 14.9. The van der Waals surface area contributed by atoms with E-state index in [-0.39, 0.29) is 5.69 Å². The molecule has 3 rings (SSSR count). The summed E-state index contributed by atoms with van der Waals surface area (Å²) in [6.07, 6.45) is -2.10. The molecule has 0 atom stereocenters. The molecular weight excluding hydrogens is 361 g/mol. The van der Waals surface area contributed by atoms with Crippen molar-refractivity contribution in [1.29, 1.82) is 0 Å². The van der Waals surface area contributed by atoms with Crippen LogP contribution < -0.4 is 10.1 Å². The largest absolute Gasteiger partial charge is 0.492 e. The third-order valence-corrected chi connectivity index (χ3v) is 4.39. The summed E-state index contributed by atoms with van der Waals surface area (Å²) >= 11 is 0. The molecule has 1 aliphatic rings. The quantitative estimate of drug-likeness (QED) is 0.834. The summed E-state index contributed by atoms with van der Waals surface area (Å²) in [5.41, 5.74) is -0.823. The first kappa shape index (κ1) is 19.2. The molecule has 146 valence electrons. The molecule has 2 heterocycles. The number of nitrogens with zero attached hydrogens (tertiary/aromatic N) is 3. The van der Waals surface area contributed by atoms with E-state index in [0.717, 1.165) is 32.7 Å². The number of anilines is 1. The average molecular weight is 382 g/mol. The Hall–Kier alpha value is -2.55. The van der Waals surface area contributed by atoms with Crippen LogP contribution in [0, 0.1) is 0 Å². The predicted molar refractivity (Wildman–Crippen MR) is 93.8 cm³/mol. The molecule has 0 saturated carbocycles. The van der Waals surface area contributed by atoms with Gasteiger partial charge in [0, 0.05) is 25.3 Å². The highest BCUT2D eigenvalue weighted by Crippen LogP contribution is 2.29. The van der Waals surface area contributed by atoms with Crippen LogP contribution in [-0.4, -0.2) is 46.8 Å². The van der Waals surface area contributed by atoms with Crippen molar-refractivity contribution in [2.45, 2.75) is 19.0 Å². The van der Waals surface area contributed by atoms with Gasteiger partial charge in [-0.15, -0.1) is 0 Å². The molecule has 1 aromatic carbocycles. The predicted octanol–water partition coefficient (Wildman–Crippen LogP) is 3.17. The number of carbonyl (C=O) groups is 1. The summed E-state index contributed by atoms with van der Waals surface area (Å²) in [6, 6.07) is 7.41. The number of carbonyl (C=O) groups excluding carboxylic acids is 1. The minimum atomic E-state index is -4.56. The second kappa shape index (κ2) is 7.99. The highest BCUT2D eigenvalue weighted by Gasteiger charge is 2.35. The highest BCUT2D eigenvalue weighted by molar-refractivity contribution is 6.02. The minimum Gasteiger partial charge on any atom is -0.492 e. The smallest absolute Gasteiger partial charge is 0.433 e. The summed E-state index contributed by atoms with van der Waals surface area (Å²) in [6.45, 7) is 3.68. The van der Waals surface area contributed by atoms with Gasteiger partial charge in [0.25, 0.3) is 5.91 Å². The first-order valence-corrected chi connectivity index (χ1v) is 8.71. The number of hydrogen-bond acceptors (Lipinski definition) is 4. The Labute approximate surface area is 154 Å². The van der Waals surface area contributed by atoms with Crippen molar-refractivity contribution in [3.05, 3.63) is 41.7 Å². The van der Waals surface area contributed by atoms with Crippen molar-refractivity contribution in [3.63, 3.8) is 0 Å². The maximum atomic E-state index is 12.8. The van der Waals surface area contributed by atoms with Crippen LogP contribution in [0.4, 0.5) is 18.9 Å². The third-order valence-electron chi connectivity index (χ3n) is 4.39. The zero-order valence-corrected chi connectivity index (χ0v) is 14.9. The van der Waals surface area contributed by atoms with Crippen LogP contribution in [0.1, 0.15) is 29.0 Å². The molecule has 9 heteroatoms. The fraction of sp³-hybridized carbons (Fsp3) is 0.444. The molecular formula is C18H21F3N4O2. The highest BCUT2D eigenvalue weighted by atomic mass is 19.4. The van der Waals surface area contributed by atoms with Crippen molar-refractivity contribution in [2.24, 2.45) is 7.05 Å². The number of ether oxygens (including phenoxy) is 1. The maximum Gasteiger partial charge on any atom is 0.433 e. The van der Waals surface area contributed by atoms with Gasteiger partial charge in [0.15, 0.2) is 5.69 Å². The number of aromatic nitrogens is 2. The van der Waals surface area contributed by atoms with Crippen molar-refractivity contribution >= 4 is 11.6 Å². The summed E-state index contributed by atoms with van der Waals surface area (Å²) in [5, 5.41) is 6.16. The lowest BCUT2D eigenvalue weighted by Gasteiger charge is -2.15. The second-order valence-electron chi connectivity index (χ2n) is 6.41. The fourth-order valence-electron chi connectivity index (χ4n) is 2.97. The van der Waals surface area contributed by atoms with E-state index in [9.17, 15) is 18.0 Å². The van der Waals surface area contributed by atoms with Crippen molar-refractivity contribution in [1.82, 2.24) is 14.7 Å². The second-order valence-corrected chi connectivity index (χ2v) is 6.41. The molecule has 27 heavy (non-hydrogen) atoms. The molecule has 0 unspecified atom stereocenters. The lowest BCUT2D eigenvalue weighted by Crippen LogP contribution is -2.25. The molecule has 0 radical (unpaired) electrons. The van der Waals surface area contributed by atoms with E-state index >= 15 is 0 Å². The number of amides is 1. The Kier molecular flexibility index (Phi) is 5.69. The van der Waals surface area contributed by atoms with Crippen LogP contribution in [-0.2, 0) is 13.2 Å². The Bertz CT molecular complexity index is 781. The van der Waals surface area contributed by atoms with Crippen LogP contribution >= 0.6 is 0 Å². The molecule has 1 saturated heterocycles. The lowest BCUT2D eigenvalue weighted by molar-refractivity contribution is -0.143. The molecule has 1 fully saturated rings. The van der Waals surface area contributed by atoms with Gasteiger partial charge in [0.05, 0.1) is 0 Å². The summed E-state index contributed by atoms with van der Waals surface area (Å²) in [7, 11) is 1.15. The number of alkyl halides is 3. The number of aryl methyl sites for hydroxylation is 1. The van der Waals surface area contributed by atoms with Crippen LogP contribution in [0.5, 0.6) is 5.75 Å². The third kappa shape index (κ3) is 5.00. The standard InChI is InChI=1S/C18H21F3N4O2/c1-24-16(18(19,20)21)12-15(23-24)17(26)22-13-4-6-14(7-5-13)27-11-10-25-8-2-3-9-25/h4-7,12H,2-3,8-11H2,1H3,(H,22,26). The molecule has 6 nitrogen and oxygen atoms in total. The monoisotopic (exact) mass is 382 g/mol. The van der Waals surface area contributed by atoms with Crippen LogP contribution in [0.25, 0.3) is 0 Å². The molecule has 0 aliphatic carbocycles. The topological polar surface area (TPSA) is 59.4 Å². The molecule has 0 spiro atoms. The normalized spacial score (nSPS) is 15.1. The first-order chi connectivity index (χ1) is 12.8. The van der Waals surface area contributed by atoms with Gasteiger partial charge in [0.1, 0.15) is 18.1 Å². The lowest BCUT2D eigenvalue weighted by atomic mass is 10.3. The zero-order chi connectivity index (χ0) is 19.4. The number of rotatable bonds is 6. The first-order valence-electron chi connectivity index (χ1n) is 8.71. The number of benzene rings is 1. The summed E-state index contributed by atoms with van der Waals surface area (Å²) in [4.78, 5) is 14.5. The van der Waals surface area contributed by atoms with Crippen molar-refractivity contribution in [2.75, 3.05) is 31.6 Å². The van der Waals surface area contributed by atoms with Crippen molar-refractivity contribution < 1.29 is 22.7 Å². The van der Waals surface area contributed by atoms with Gasteiger partial charge in [0.2, 0.25) is 0 Å². The molecule has 1 aromatic heterocycles.